The minimum atomic E-state index is -2.45. The smallest absolute Gasteiger partial charge is 0.117 e. The van der Waals surface area contributed by atoms with Crippen molar-refractivity contribution >= 4 is 7.14 Å². The highest BCUT2D eigenvalue weighted by Gasteiger charge is 2.20. The molecule has 0 amide bonds. The fourth-order valence-corrected chi connectivity index (χ4v) is 5.64. The van der Waals surface area contributed by atoms with Gasteiger partial charge in [0.2, 0.25) is 0 Å². The van der Waals surface area contributed by atoms with Crippen LogP contribution >= 0.6 is 7.14 Å². The van der Waals surface area contributed by atoms with E-state index in [0.29, 0.717) is 12.3 Å². The van der Waals surface area contributed by atoms with Gasteiger partial charge < -0.3 is 4.57 Å². The van der Waals surface area contributed by atoms with Crippen molar-refractivity contribution in [3.8, 4) is 0 Å². The van der Waals surface area contributed by atoms with Crippen molar-refractivity contribution in [2.45, 2.75) is 38.0 Å². The molecule has 0 radical (unpaired) electrons. The van der Waals surface area contributed by atoms with Gasteiger partial charge in [0, 0.05) is 12.3 Å². The summed E-state index contributed by atoms with van der Waals surface area (Å²) in [5.41, 5.74) is 3.65. The van der Waals surface area contributed by atoms with Gasteiger partial charge in [0.25, 0.3) is 0 Å². The summed E-state index contributed by atoms with van der Waals surface area (Å²) in [6.45, 7) is 0. The lowest BCUT2D eigenvalue weighted by molar-refractivity contribution is 0.579. The summed E-state index contributed by atoms with van der Waals surface area (Å²) in [4.78, 5) is 0. The zero-order chi connectivity index (χ0) is 16.7. The Kier molecular flexibility index (Phi) is 5.88. The van der Waals surface area contributed by atoms with Crippen LogP contribution in [0.4, 0.5) is 0 Å². The lowest BCUT2D eigenvalue weighted by atomic mass is 10.00. The van der Waals surface area contributed by atoms with E-state index in [1.54, 1.807) is 0 Å². The Hall–Kier alpha value is -1.85. The summed E-state index contributed by atoms with van der Waals surface area (Å²) < 4.78 is 13.7. The molecule has 2 aromatic carbocycles. The van der Waals surface area contributed by atoms with Crippen molar-refractivity contribution in [3.63, 3.8) is 0 Å². The van der Waals surface area contributed by atoms with Gasteiger partial charge in [-0.25, -0.2) is 0 Å². The van der Waals surface area contributed by atoms with E-state index in [1.165, 1.54) is 18.4 Å². The fraction of sp³-hybridized carbons (Fsp3) is 0.273. The Morgan fingerprint density at radius 2 is 1.42 bits per heavy atom. The molecule has 1 nitrogen and oxygen atoms in total. The Morgan fingerprint density at radius 3 is 1.92 bits per heavy atom. The molecule has 0 heterocycles. The molecular formula is C22H25OP. The minimum absolute atomic E-state index is 0.631. The van der Waals surface area contributed by atoms with E-state index in [1.807, 2.05) is 42.2 Å². The fourth-order valence-electron chi connectivity index (χ4n) is 3.19. The van der Waals surface area contributed by atoms with E-state index in [4.69, 9.17) is 0 Å². The average molecular weight is 336 g/mol. The van der Waals surface area contributed by atoms with Gasteiger partial charge in [-0.05, 0) is 42.6 Å². The van der Waals surface area contributed by atoms with Crippen molar-refractivity contribution in [1.29, 1.82) is 0 Å². The van der Waals surface area contributed by atoms with Crippen molar-refractivity contribution < 1.29 is 4.57 Å². The zero-order valence-corrected chi connectivity index (χ0v) is 15.0. The van der Waals surface area contributed by atoms with E-state index >= 15 is 0 Å². The Bertz CT molecular complexity index is 699. The molecule has 0 unspecified atom stereocenters. The molecule has 24 heavy (non-hydrogen) atoms. The molecule has 0 fully saturated rings. The van der Waals surface area contributed by atoms with Crippen LogP contribution in [-0.4, -0.2) is 0 Å². The van der Waals surface area contributed by atoms with Gasteiger partial charge in [0.05, 0.1) is 0 Å². The van der Waals surface area contributed by atoms with Crippen LogP contribution in [0.25, 0.3) is 0 Å². The summed E-state index contributed by atoms with van der Waals surface area (Å²) >= 11 is 0. The largest absolute Gasteiger partial charge is 0.319 e. The highest BCUT2D eigenvalue weighted by atomic mass is 31.2. The number of hydrogen-bond donors (Lipinski definition) is 0. The Labute approximate surface area is 145 Å². The van der Waals surface area contributed by atoms with Gasteiger partial charge in [0.15, 0.2) is 0 Å². The number of benzene rings is 2. The summed E-state index contributed by atoms with van der Waals surface area (Å²) in [7, 11) is -2.45. The first kappa shape index (κ1) is 17.0. The number of rotatable bonds is 6. The Morgan fingerprint density at radius 1 is 0.833 bits per heavy atom. The molecule has 124 valence electrons. The quantitative estimate of drug-likeness (QED) is 0.532. The van der Waals surface area contributed by atoms with Gasteiger partial charge in [-0.1, -0.05) is 78.4 Å². The van der Waals surface area contributed by atoms with Crippen LogP contribution in [0.5, 0.6) is 0 Å². The second-order valence-electron chi connectivity index (χ2n) is 6.58. The monoisotopic (exact) mass is 336 g/mol. The predicted octanol–water partition coefficient (Wildman–Crippen LogP) is 6.76. The molecule has 1 aliphatic rings. The zero-order valence-electron chi connectivity index (χ0n) is 14.1. The van der Waals surface area contributed by atoms with Crippen molar-refractivity contribution in [1.82, 2.24) is 0 Å². The third-order valence-corrected chi connectivity index (χ3v) is 6.97. The van der Waals surface area contributed by atoms with Gasteiger partial charge >= 0.3 is 0 Å². The third-order valence-electron chi connectivity index (χ3n) is 4.47. The molecule has 2 aromatic rings. The molecule has 0 aliphatic heterocycles. The van der Waals surface area contributed by atoms with Crippen LogP contribution in [0.15, 0.2) is 84.2 Å². The van der Waals surface area contributed by atoms with Crippen LogP contribution in [-0.2, 0) is 16.9 Å². The normalized spacial score (nSPS) is 15.4. The number of allylic oxidation sites excluding steroid dienone is 3. The van der Waals surface area contributed by atoms with E-state index in [0.717, 1.165) is 24.0 Å². The molecule has 0 spiro atoms. The van der Waals surface area contributed by atoms with Crippen LogP contribution < -0.4 is 0 Å². The maximum absolute atomic E-state index is 13.7. The maximum atomic E-state index is 13.7. The van der Waals surface area contributed by atoms with Gasteiger partial charge in [-0.3, -0.25) is 0 Å². The highest BCUT2D eigenvalue weighted by Crippen LogP contribution is 2.54. The predicted molar refractivity (Wildman–Crippen MR) is 104 cm³/mol. The molecular weight excluding hydrogens is 311 g/mol. The topological polar surface area (TPSA) is 17.1 Å². The van der Waals surface area contributed by atoms with Crippen LogP contribution in [0.3, 0.4) is 0 Å². The maximum Gasteiger partial charge on any atom is 0.117 e. The van der Waals surface area contributed by atoms with Crippen molar-refractivity contribution in [2.24, 2.45) is 0 Å². The molecule has 2 heteroatoms. The van der Waals surface area contributed by atoms with E-state index < -0.39 is 7.14 Å². The standard InChI is InChI=1S/C22H25OP/c23-24(18-21-12-6-2-7-13-21,19-22-14-8-3-9-15-22)17-16-20-10-4-1-5-11-20/h2-3,6-10,12-17H,1,4-5,11,18-19H2/b17-16+. The molecule has 0 saturated carbocycles. The molecule has 0 bridgehead atoms. The second kappa shape index (κ2) is 8.31. The molecule has 1 aliphatic carbocycles. The molecule has 0 aromatic heterocycles. The molecule has 0 atom stereocenters. The first-order chi connectivity index (χ1) is 11.7. The Balaban J connectivity index is 1.83. The summed E-state index contributed by atoms with van der Waals surface area (Å²) in [5, 5.41) is 0. The van der Waals surface area contributed by atoms with Crippen molar-refractivity contribution in [3.05, 3.63) is 95.3 Å². The SMILES string of the molecule is O=P(/C=C/C1=CCCCC1)(Cc1ccccc1)Cc1ccccc1. The van der Waals surface area contributed by atoms with Crippen LogP contribution in [0.2, 0.25) is 0 Å². The lowest BCUT2D eigenvalue weighted by Gasteiger charge is -2.16. The molecule has 3 rings (SSSR count). The van der Waals surface area contributed by atoms with Gasteiger partial charge in [-0.15, -0.1) is 0 Å². The van der Waals surface area contributed by atoms with E-state index in [9.17, 15) is 4.57 Å². The second-order valence-corrected chi connectivity index (χ2v) is 9.42. The first-order valence-corrected chi connectivity index (χ1v) is 10.9. The van der Waals surface area contributed by atoms with E-state index in [-0.39, 0.29) is 0 Å². The average Bonchev–Trinajstić information content (AvgIpc) is 2.63. The van der Waals surface area contributed by atoms with Gasteiger partial charge in [0.1, 0.15) is 7.14 Å². The summed E-state index contributed by atoms with van der Waals surface area (Å²) in [5.74, 6) is 2.02. The molecule has 0 N–H and O–H groups in total. The van der Waals surface area contributed by atoms with Crippen molar-refractivity contribution in [2.75, 3.05) is 0 Å². The van der Waals surface area contributed by atoms with Crippen LogP contribution in [0.1, 0.15) is 36.8 Å². The third kappa shape index (κ3) is 5.08. The summed E-state index contributed by atoms with van der Waals surface area (Å²) in [6, 6.07) is 20.4. The van der Waals surface area contributed by atoms with Gasteiger partial charge in [-0.2, -0.15) is 0 Å². The van der Waals surface area contributed by atoms with E-state index in [2.05, 4.69) is 36.4 Å². The first-order valence-electron chi connectivity index (χ1n) is 8.77. The number of hydrogen-bond acceptors (Lipinski definition) is 1. The lowest BCUT2D eigenvalue weighted by Crippen LogP contribution is -1.93. The molecule has 0 saturated heterocycles. The van der Waals surface area contributed by atoms with Crippen LogP contribution in [0, 0.1) is 0 Å². The highest BCUT2D eigenvalue weighted by molar-refractivity contribution is 7.65. The minimum Gasteiger partial charge on any atom is -0.319 e. The summed E-state index contributed by atoms with van der Waals surface area (Å²) in [6.07, 6.45) is 10.5.